The largest absolute Gasteiger partial charge is 0.465 e. The van der Waals surface area contributed by atoms with E-state index in [-0.39, 0.29) is 5.97 Å². The van der Waals surface area contributed by atoms with Crippen molar-refractivity contribution in [1.82, 2.24) is 5.32 Å². The van der Waals surface area contributed by atoms with Gasteiger partial charge in [-0.25, -0.2) is 0 Å². The van der Waals surface area contributed by atoms with Crippen molar-refractivity contribution in [2.75, 3.05) is 6.61 Å². The normalized spacial score (nSPS) is 21.7. The van der Waals surface area contributed by atoms with E-state index in [4.69, 9.17) is 4.74 Å². The molecule has 0 bridgehead atoms. The van der Waals surface area contributed by atoms with Crippen LogP contribution in [0.4, 0.5) is 0 Å². The average Bonchev–Trinajstić information content (AvgIpc) is 2.32. The van der Waals surface area contributed by atoms with Gasteiger partial charge in [-0.1, -0.05) is 39.0 Å². The van der Waals surface area contributed by atoms with E-state index in [2.05, 4.69) is 19.2 Å². The van der Waals surface area contributed by atoms with Crippen molar-refractivity contribution in [2.24, 2.45) is 0 Å². The van der Waals surface area contributed by atoms with Crippen LogP contribution < -0.4 is 5.32 Å². The minimum absolute atomic E-state index is 0.0350. The number of carbonyl (C=O) groups is 1. The van der Waals surface area contributed by atoms with Crippen LogP contribution in [-0.2, 0) is 9.53 Å². The van der Waals surface area contributed by atoms with Gasteiger partial charge in [-0.05, 0) is 33.1 Å². The SMILES string of the molecule is CCOC(=O)C1(NC(C)CC)CCCCCCC1. The summed E-state index contributed by atoms with van der Waals surface area (Å²) in [7, 11) is 0. The van der Waals surface area contributed by atoms with Crippen LogP contribution in [0.2, 0.25) is 0 Å². The van der Waals surface area contributed by atoms with Gasteiger partial charge < -0.3 is 4.74 Å². The molecule has 1 atom stereocenters. The molecule has 1 unspecified atom stereocenters. The van der Waals surface area contributed by atoms with E-state index >= 15 is 0 Å². The molecule has 0 amide bonds. The minimum atomic E-state index is -0.425. The second-order valence-corrected chi connectivity index (χ2v) is 5.52. The van der Waals surface area contributed by atoms with Crippen LogP contribution in [0.3, 0.4) is 0 Å². The highest BCUT2D eigenvalue weighted by Gasteiger charge is 2.39. The first-order chi connectivity index (χ1) is 8.64. The number of ether oxygens (including phenoxy) is 1. The Hall–Kier alpha value is -0.570. The maximum Gasteiger partial charge on any atom is 0.326 e. The van der Waals surface area contributed by atoms with Crippen molar-refractivity contribution in [3.63, 3.8) is 0 Å². The predicted octanol–water partition coefficient (Wildman–Crippen LogP) is 3.42. The van der Waals surface area contributed by atoms with Crippen molar-refractivity contribution in [2.45, 2.75) is 83.7 Å². The van der Waals surface area contributed by atoms with Gasteiger partial charge in [-0.15, -0.1) is 0 Å². The third-order valence-electron chi connectivity index (χ3n) is 4.01. The van der Waals surface area contributed by atoms with Gasteiger partial charge in [0.15, 0.2) is 0 Å². The number of hydrogen-bond acceptors (Lipinski definition) is 3. The van der Waals surface area contributed by atoms with Crippen molar-refractivity contribution >= 4 is 5.97 Å². The molecule has 0 aromatic heterocycles. The van der Waals surface area contributed by atoms with Crippen molar-refractivity contribution in [3.05, 3.63) is 0 Å². The zero-order chi connectivity index (χ0) is 13.4. The standard InChI is InChI=1S/C15H29NO2/c1-4-13(3)16-15(14(17)18-5-2)11-9-7-6-8-10-12-15/h13,16H,4-12H2,1-3H3. The van der Waals surface area contributed by atoms with E-state index in [1.165, 1.54) is 19.3 Å². The monoisotopic (exact) mass is 255 g/mol. The minimum Gasteiger partial charge on any atom is -0.465 e. The second kappa shape index (κ2) is 7.78. The first-order valence-electron chi connectivity index (χ1n) is 7.59. The second-order valence-electron chi connectivity index (χ2n) is 5.52. The number of rotatable bonds is 5. The number of carbonyl (C=O) groups excluding carboxylic acids is 1. The molecule has 3 nitrogen and oxygen atoms in total. The van der Waals surface area contributed by atoms with E-state index in [1.54, 1.807) is 0 Å². The highest BCUT2D eigenvalue weighted by atomic mass is 16.5. The van der Waals surface area contributed by atoms with Crippen LogP contribution >= 0.6 is 0 Å². The van der Waals surface area contributed by atoms with Gasteiger partial charge in [-0.2, -0.15) is 0 Å². The Morgan fingerprint density at radius 1 is 1.17 bits per heavy atom. The first kappa shape index (κ1) is 15.5. The Bertz CT molecular complexity index is 245. The number of hydrogen-bond donors (Lipinski definition) is 1. The highest BCUT2D eigenvalue weighted by molar-refractivity contribution is 5.81. The smallest absolute Gasteiger partial charge is 0.326 e. The van der Waals surface area contributed by atoms with E-state index < -0.39 is 5.54 Å². The van der Waals surface area contributed by atoms with Gasteiger partial charge in [0.2, 0.25) is 0 Å². The Balaban J connectivity index is 2.78. The summed E-state index contributed by atoms with van der Waals surface area (Å²) in [6.45, 7) is 6.67. The molecule has 1 N–H and O–H groups in total. The molecule has 0 aromatic carbocycles. The fourth-order valence-electron chi connectivity index (χ4n) is 2.76. The molecule has 0 aromatic rings. The zero-order valence-corrected chi connectivity index (χ0v) is 12.3. The topological polar surface area (TPSA) is 38.3 Å². The summed E-state index contributed by atoms with van der Waals surface area (Å²) in [4.78, 5) is 12.4. The number of nitrogens with one attached hydrogen (secondary N) is 1. The van der Waals surface area contributed by atoms with E-state index in [0.717, 1.165) is 32.1 Å². The molecule has 0 radical (unpaired) electrons. The van der Waals surface area contributed by atoms with Crippen molar-refractivity contribution < 1.29 is 9.53 Å². The third-order valence-corrected chi connectivity index (χ3v) is 4.01. The lowest BCUT2D eigenvalue weighted by Crippen LogP contribution is -2.56. The van der Waals surface area contributed by atoms with E-state index in [9.17, 15) is 4.79 Å². The van der Waals surface area contributed by atoms with Crippen LogP contribution in [0.1, 0.15) is 72.1 Å². The van der Waals surface area contributed by atoms with Gasteiger partial charge in [0.25, 0.3) is 0 Å². The maximum atomic E-state index is 12.4. The summed E-state index contributed by atoms with van der Waals surface area (Å²) >= 11 is 0. The molecule has 0 aliphatic heterocycles. The zero-order valence-electron chi connectivity index (χ0n) is 12.3. The lowest BCUT2D eigenvalue weighted by Gasteiger charge is -2.36. The van der Waals surface area contributed by atoms with Crippen LogP contribution in [-0.4, -0.2) is 24.2 Å². The molecule has 1 rings (SSSR count). The van der Waals surface area contributed by atoms with Crippen molar-refractivity contribution in [3.8, 4) is 0 Å². The van der Waals surface area contributed by atoms with E-state index in [1.807, 2.05) is 6.92 Å². The quantitative estimate of drug-likeness (QED) is 0.765. The molecule has 0 heterocycles. The summed E-state index contributed by atoms with van der Waals surface area (Å²) in [5, 5.41) is 3.56. The molecule has 18 heavy (non-hydrogen) atoms. The highest BCUT2D eigenvalue weighted by Crippen LogP contribution is 2.28. The average molecular weight is 255 g/mol. The maximum absolute atomic E-state index is 12.4. The van der Waals surface area contributed by atoms with Crippen LogP contribution in [0.5, 0.6) is 0 Å². The molecular formula is C15H29NO2. The Morgan fingerprint density at radius 2 is 1.72 bits per heavy atom. The van der Waals surface area contributed by atoms with Crippen LogP contribution in [0.15, 0.2) is 0 Å². The summed E-state index contributed by atoms with van der Waals surface area (Å²) in [6, 6.07) is 0.369. The van der Waals surface area contributed by atoms with Gasteiger partial charge in [0.1, 0.15) is 5.54 Å². The fourth-order valence-corrected chi connectivity index (χ4v) is 2.76. The van der Waals surface area contributed by atoms with Crippen LogP contribution in [0.25, 0.3) is 0 Å². The summed E-state index contributed by atoms with van der Waals surface area (Å²) in [5.41, 5.74) is -0.425. The van der Waals surface area contributed by atoms with Crippen LogP contribution in [0, 0.1) is 0 Å². The molecule has 0 spiro atoms. The molecule has 1 aliphatic rings. The molecule has 0 saturated heterocycles. The molecule has 106 valence electrons. The summed E-state index contributed by atoms with van der Waals surface area (Å²) in [5.74, 6) is -0.0350. The Morgan fingerprint density at radius 3 is 2.22 bits per heavy atom. The molecule has 1 aliphatic carbocycles. The van der Waals surface area contributed by atoms with Gasteiger partial charge in [0.05, 0.1) is 6.61 Å². The fraction of sp³-hybridized carbons (Fsp3) is 0.933. The molecular weight excluding hydrogens is 226 g/mol. The first-order valence-corrected chi connectivity index (χ1v) is 7.59. The summed E-state index contributed by atoms with van der Waals surface area (Å²) in [6.07, 6.45) is 8.94. The number of esters is 1. The van der Waals surface area contributed by atoms with E-state index in [0.29, 0.717) is 12.6 Å². The Labute approximate surface area is 112 Å². The van der Waals surface area contributed by atoms with Gasteiger partial charge in [-0.3, -0.25) is 10.1 Å². The van der Waals surface area contributed by atoms with Gasteiger partial charge >= 0.3 is 5.97 Å². The van der Waals surface area contributed by atoms with Gasteiger partial charge in [0, 0.05) is 6.04 Å². The third kappa shape index (κ3) is 4.27. The molecule has 1 saturated carbocycles. The molecule has 3 heteroatoms. The predicted molar refractivity (Wildman–Crippen MR) is 74.6 cm³/mol. The lowest BCUT2D eigenvalue weighted by atomic mass is 9.83. The Kier molecular flexibility index (Phi) is 6.69. The van der Waals surface area contributed by atoms with Crippen molar-refractivity contribution in [1.29, 1.82) is 0 Å². The summed E-state index contributed by atoms with van der Waals surface area (Å²) < 4.78 is 5.33. The molecule has 1 fully saturated rings. The lowest BCUT2D eigenvalue weighted by molar-refractivity contribution is -0.152.